The van der Waals surface area contributed by atoms with Crippen LogP contribution < -0.4 is 19.1 Å². The van der Waals surface area contributed by atoms with Crippen molar-refractivity contribution in [1.29, 1.82) is 0 Å². The number of aryl methyl sites for hydroxylation is 1. The number of anilines is 1. The lowest BCUT2D eigenvalue weighted by Crippen LogP contribution is -2.38. The van der Waals surface area contributed by atoms with E-state index in [2.05, 4.69) is 6.92 Å². The van der Waals surface area contributed by atoms with Crippen LogP contribution in [0.1, 0.15) is 54.1 Å². The molecule has 1 saturated heterocycles. The Kier molecular flexibility index (Phi) is 7.60. The molecule has 2 amide bonds. The van der Waals surface area contributed by atoms with Gasteiger partial charge >= 0.3 is 0 Å². The maximum atomic E-state index is 13.6. The molecule has 4 rings (SSSR count). The fourth-order valence-corrected chi connectivity index (χ4v) is 4.78. The summed E-state index contributed by atoms with van der Waals surface area (Å²) in [6.07, 6.45) is 5.06. The average Bonchev–Trinajstić information content (AvgIpc) is 2.88. The Hall–Kier alpha value is -3.22. The van der Waals surface area contributed by atoms with Gasteiger partial charge in [0.15, 0.2) is 18.1 Å². The van der Waals surface area contributed by atoms with Crippen LogP contribution in [0.25, 0.3) is 0 Å². The third-order valence-corrected chi connectivity index (χ3v) is 6.57. The normalized spacial score (nSPS) is 15.5. The van der Waals surface area contributed by atoms with Gasteiger partial charge in [0.2, 0.25) is 0 Å². The molecule has 7 heteroatoms. The first-order valence-electron chi connectivity index (χ1n) is 12.2. The second-order valence-corrected chi connectivity index (χ2v) is 8.80. The summed E-state index contributed by atoms with van der Waals surface area (Å²) in [5.41, 5.74) is 3.67. The maximum Gasteiger partial charge on any atom is 0.260 e. The highest BCUT2D eigenvalue weighted by Gasteiger charge is 2.28. The van der Waals surface area contributed by atoms with Crippen LogP contribution in [0.5, 0.6) is 17.2 Å². The third kappa shape index (κ3) is 4.98. The number of carbonyl (C=O) groups is 2. The zero-order valence-electron chi connectivity index (χ0n) is 20.4. The van der Waals surface area contributed by atoms with Crippen LogP contribution in [-0.2, 0) is 11.2 Å². The van der Waals surface area contributed by atoms with E-state index in [-0.39, 0.29) is 18.4 Å². The minimum absolute atomic E-state index is 0.0188. The monoisotopic (exact) mass is 466 g/mol. The van der Waals surface area contributed by atoms with E-state index in [1.54, 1.807) is 30.2 Å². The number of carbonyl (C=O) groups excluding carboxylic acids is 2. The predicted octanol–water partition coefficient (Wildman–Crippen LogP) is 4.39. The van der Waals surface area contributed by atoms with Crippen LogP contribution >= 0.6 is 0 Å². The standard InChI is InChI=1S/C27H34N2O5/c1-4-33-24-17-20(11-13-22(24)34-18-25(30)28-14-6-5-7-15-28)27(31)29-16-8-9-21-19(2)10-12-23(32-3)26(21)29/h10-13,17H,4-9,14-16,18H2,1-3H3. The Morgan fingerprint density at radius 1 is 0.912 bits per heavy atom. The number of methoxy groups -OCH3 is 1. The lowest BCUT2D eigenvalue weighted by molar-refractivity contribution is -0.134. The number of ether oxygens (including phenoxy) is 3. The van der Waals surface area contributed by atoms with Crippen molar-refractivity contribution < 1.29 is 23.8 Å². The molecule has 2 aromatic rings. The van der Waals surface area contributed by atoms with Gasteiger partial charge in [-0.2, -0.15) is 0 Å². The largest absolute Gasteiger partial charge is 0.495 e. The number of benzene rings is 2. The maximum absolute atomic E-state index is 13.6. The molecular formula is C27H34N2O5. The summed E-state index contributed by atoms with van der Waals surface area (Å²) in [7, 11) is 1.63. The molecular weight excluding hydrogens is 432 g/mol. The first kappa shape index (κ1) is 23.9. The zero-order valence-corrected chi connectivity index (χ0v) is 20.4. The van der Waals surface area contributed by atoms with E-state index in [0.717, 1.165) is 55.6 Å². The molecule has 2 aliphatic heterocycles. The van der Waals surface area contributed by atoms with E-state index in [1.807, 2.05) is 24.0 Å². The lowest BCUT2D eigenvalue weighted by Gasteiger charge is -2.32. The summed E-state index contributed by atoms with van der Waals surface area (Å²) in [6, 6.07) is 9.13. The molecule has 2 heterocycles. The Balaban J connectivity index is 1.55. The van der Waals surface area contributed by atoms with Gasteiger partial charge in [0.1, 0.15) is 5.75 Å². The molecule has 0 N–H and O–H groups in total. The molecule has 1 fully saturated rings. The highest BCUT2D eigenvalue weighted by molar-refractivity contribution is 6.08. The smallest absolute Gasteiger partial charge is 0.260 e. The first-order chi connectivity index (χ1) is 16.5. The molecule has 0 bridgehead atoms. The molecule has 7 nitrogen and oxygen atoms in total. The van der Waals surface area contributed by atoms with E-state index in [9.17, 15) is 9.59 Å². The van der Waals surface area contributed by atoms with E-state index in [4.69, 9.17) is 14.2 Å². The Bertz CT molecular complexity index is 1050. The number of nitrogens with zero attached hydrogens (tertiary/aromatic N) is 2. The van der Waals surface area contributed by atoms with Crippen LogP contribution in [0.15, 0.2) is 30.3 Å². The number of likely N-dealkylation sites (tertiary alicyclic amines) is 1. The Morgan fingerprint density at radius 2 is 1.68 bits per heavy atom. The van der Waals surface area contributed by atoms with Crippen molar-refractivity contribution in [2.45, 2.75) is 46.0 Å². The van der Waals surface area contributed by atoms with Crippen LogP contribution in [0.3, 0.4) is 0 Å². The van der Waals surface area contributed by atoms with Crippen LogP contribution in [0, 0.1) is 6.92 Å². The van der Waals surface area contributed by atoms with E-state index < -0.39 is 0 Å². The van der Waals surface area contributed by atoms with E-state index in [0.29, 0.717) is 36.0 Å². The number of fused-ring (bicyclic) bond motifs is 1. The summed E-state index contributed by atoms with van der Waals surface area (Å²) in [5.74, 6) is 1.51. The molecule has 2 aliphatic rings. The summed E-state index contributed by atoms with van der Waals surface area (Å²) in [5, 5.41) is 0. The van der Waals surface area contributed by atoms with Gasteiger partial charge in [-0.05, 0) is 81.3 Å². The van der Waals surface area contributed by atoms with Gasteiger partial charge in [0.25, 0.3) is 11.8 Å². The lowest BCUT2D eigenvalue weighted by atomic mass is 9.95. The molecule has 0 saturated carbocycles. The van der Waals surface area contributed by atoms with Crippen molar-refractivity contribution >= 4 is 17.5 Å². The van der Waals surface area contributed by atoms with Crippen molar-refractivity contribution in [3.8, 4) is 17.2 Å². The van der Waals surface area contributed by atoms with E-state index in [1.165, 1.54) is 6.42 Å². The molecule has 2 aromatic carbocycles. The highest BCUT2D eigenvalue weighted by Crippen LogP contribution is 2.39. The molecule has 182 valence electrons. The number of rotatable bonds is 7. The molecule has 0 aliphatic carbocycles. The Labute approximate surface area is 201 Å². The molecule has 0 radical (unpaired) electrons. The van der Waals surface area contributed by atoms with Gasteiger partial charge < -0.3 is 24.0 Å². The summed E-state index contributed by atoms with van der Waals surface area (Å²) >= 11 is 0. The first-order valence-corrected chi connectivity index (χ1v) is 12.2. The summed E-state index contributed by atoms with van der Waals surface area (Å²) in [6.45, 7) is 6.53. The van der Waals surface area contributed by atoms with Crippen molar-refractivity contribution in [3.63, 3.8) is 0 Å². The number of hydrogen-bond donors (Lipinski definition) is 0. The second-order valence-electron chi connectivity index (χ2n) is 8.80. The van der Waals surface area contributed by atoms with Gasteiger partial charge in [-0.3, -0.25) is 9.59 Å². The molecule has 0 aromatic heterocycles. The van der Waals surface area contributed by atoms with E-state index >= 15 is 0 Å². The second kappa shape index (κ2) is 10.8. The molecule has 0 atom stereocenters. The van der Waals surface area contributed by atoms with Crippen molar-refractivity contribution in [2.24, 2.45) is 0 Å². The fraction of sp³-hybridized carbons (Fsp3) is 0.481. The van der Waals surface area contributed by atoms with Gasteiger partial charge in [-0.25, -0.2) is 0 Å². The van der Waals surface area contributed by atoms with Crippen LogP contribution in [-0.4, -0.2) is 56.7 Å². The Morgan fingerprint density at radius 3 is 2.41 bits per heavy atom. The quantitative estimate of drug-likeness (QED) is 0.606. The van der Waals surface area contributed by atoms with Crippen molar-refractivity contribution in [1.82, 2.24) is 4.90 Å². The summed E-state index contributed by atoms with van der Waals surface area (Å²) < 4.78 is 17.2. The molecule has 34 heavy (non-hydrogen) atoms. The minimum atomic E-state index is -0.109. The number of hydrogen-bond acceptors (Lipinski definition) is 5. The summed E-state index contributed by atoms with van der Waals surface area (Å²) in [4.78, 5) is 29.8. The van der Waals surface area contributed by atoms with Gasteiger partial charge in [-0.15, -0.1) is 0 Å². The average molecular weight is 467 g/mol. The van der Waals surface area contributed by atoms with Gasteiger partial charge in [-0.1, -0.05) is 6.07 Å². The fourth-order valence-electron chi connectivity index (χ4n) is 4.78. The van der Waals surface area contributed by atoms with Crippen molar-refractivity contribution in [3.05, 3.63) is 47.0 Å². The van der Waals surface area contributed by atoms with Crippen molar-refractivity contribution in [2.75, 3.05) is 44.9 Å². The zero-order chi connectivity index (χ0) is 24.1. The van der Waals surface area contributed by atoms with Crippen LogP contribution in [0.2, 0.25) is 0 Å². The van der Waals surface area contributed by atoms with Gasteiger partial charge in [0, 0.05) is 25.2 Å². The minimum Gasteiger partial charge on any atom is -0.495 e. The number of piperidine rings is 1. The van der Waals surface area contributed by atoms with Crippen LogP contribution in [0.4, 0.5) is 5.69 Å². The molecule has 0 unspecified atom stereocenters. The van der Waals surface area contributed by atoms with Gasteiger partial charge in [0.05, 0.1) is 19.4 Å². The molecule has 0 spiro atoms. The topological polar surface area (TPSA) is 68.3 Å². The SMILES string of the molecule is CCOc1cc(C(=O)N2CCCc3c(C)ccc(OC)c32)ccc1OCC(=O)N1CCCCC1. The third-order valence-electron chi connectivity index (χ3n) is 6.57. The predicted molar refractivity (Wildman–Crippen MR) is 131 cm³/mol. The highest BCUT2D eigenvalue weighted by atomic mass is 16.5. The number of amides is 2.